The van der Waals surface area contributed by atoms with E-state index in [2.05, 4.69) is 5.32 Å². The van der Waals surface area contributed by atoms with Gasteiger partial charge in [0.25, 0.3) is 0 Å². The maximum absolute atomic E-state index is 12.1. The second kappa shape index (κ2) is 6.20. The highest BCUT2D eigenvalue weighted by molar-refractivity contribution is 6.01. The molecule has 5 nitrogen and oxygen atoms in total. The molecule has 0 radical (unpaired) electrons. The first kappa shape index (κ1) is 15.7. The summed E-state index contributed by atoms with van der Waals surface area (Å²) in [5.74, 6) is -0.236. The molecule has 0 aromatic heterocycles. The van der Waals surface area contributed by atoms with Gasteiger partial charge in [0.05, 0.1) is 17.7 Å². The lowest BCUT2D eigenvalue weighted by Crippen LogP contribution is -2.41. The van der Waals surface area contributed by atoms with Crippen LogP contribution in [-0.2, 0) is 4.74 Å². The quantitative estimate of drug-likeness (QED) is 0.859. The molecule has 20 heavy (non-hydrogen) atoms. The molecule has 0 saturated heterocycles. The largest absolute Gasteiger partial charge is 0.444 e. The Hall–Kier alpha value is -2.35. The number of nitriles is 1. The molecule has 1 unspecified atom stereocenters. The minimum Gasteiger partial charge on any atom is -0.444 e. The van der Waals surface area contributed by atoms with E-state index in [0.29, 0.717) is 11.1 Å². The molecule has 0 heterocycles. The first-order valence-corrected chi connectivity index (χ1v) is 6.27. The van der Waals surface area contributed by atoms with E-state index in [9.17, 15) is 9.59 Å². The van der Waals surface area contributed by atoms with Crippen molar-refractivity contribution in [2.24, 2.45) is 0 Å². The molecule has 0 bridgehead atoms. The minimum absolute atomic E-state index is 0.236. The van der Waals surface area contributed by atoms with Gasteiger partial charge >= 0.3 is 6.09 Å². The van der Waals surface area contributed by atoms with E-state index in [4.69, 9.17) is 10.00 Å². The van der Waals surface area contributed by atoms with Crippen molar-refractivity contribution in [2.75, 3.05) is 0 Å². The molecular weight excluding hydrogens is 256 g/mol. The third-order valence-electron chi connectivity index (χ3n) is 2.43. The first-order chi connectivity index (χ1) is 9.23. The zero-order valence-electron chi connectivity index (χ0n) is 12.1. The number of carbonyl (C=O) groups is 2. The number of hydrogen-bond acceptors (Lipinski definition) is 4. The monoisotopic (exact) mass is 274 g/mol. The van der Waals surface area contributed by atoms with Crippen LogP contribution in [0.15, 0.2) is 24.3 Å². The van der Waals surface area contributed by atoms with E-state index < -0.39 is 17.7 Å². The molecule has 1 atom stereocenters. The average molecular weight is 274 g/mol. The van der Waals surface area contributed by atoms with E-state index in [0.717, 1.165) is 0 Å². The number of nitrogens with one attached hydrogen (secondary N) is 1. The Morgan fingerprint density at radius 3 is 2.25 bits per heavy atom. The average Bonchev–Trinajstić information content (AvgIpc) is 2.35. The number of ketones is 1. The number of Topliss-reactive ketones (excluding diaryl/α,β-unsaturated/α-hetero) is 1. The molecule has 1 aromatic carbocycles. The van der Waals surface area contributed by atoms with Crippen LogP contribution in [0.5, 0.6) is 0 Å². The fourth-order valence-electron chi connectivity index (χ4n) is 1.51. The Kier molecular flexibility index (Phi) is 4.87. The molecule has 0 fully saturated rings. The zero-order chi connectivity index (χ0) is 15.3. The van der Waals surface area contributed by atoms with Gasteiger partial charge in [-0.2, -0.15) is 5.26 Å². The molecule has 5 heteroatoms. The summed E-state index contributed by atoms with van der Waals surface area (Å²) in [6, 6.07) is 7.54. The summed E-state index contributed by atoms with van der Waals surface area (Å²) in [7, 11) is 0. The van der Waals surface area contributed by atoms with Gasteiger partial charge in [-0.25, -0.2) is 4.79 Å². The maximum Gasteiger partial charge on any atom is 0.408 e. The van der Waals surface area contributed by atoms with Gasteiger partial charge in [-0.1, -0.05) is 12.1 Å². The Bertz CT molecular complexity index is 536. The van der Waals surface area contributed by atoms with Crippen molar-refractivity contribution in [2.45, 2.75) is 39.3 Å². The van der Waals surface area contributed by atoms with Crippen LogP contribution in [0, 0.1) is 11.3 Å². The molecule has 0 spiro atoms. The van der Waals surface area contributed by atoms with Crippen molar-refractivity contribution >= 4 is 11.9 Å². The van der Waals surface area contributed by atoms with Crippen molar-refractivity contribution in [3.63, 3.8) is 0 Å². The van der Waals surface area contributed by atoms with Gasteiger partial charge in [0.1, 0.15) is 5.60 Å². The Morgan fingerprint density at radius 1 is 1.25 bits per heavy atom. The summed E-state index contributed by atoms with van der Waals surface area (Å²) in [6.07, 6.45) is -0.632. The standard InChI is InChI=1S/C15H18N2O3/c1-10(17-14(19)20-15(2,3)4)13(18)12-7-5-11(9-16)6-8-12/h5-8,10H,1-4H3,(H,17,19). The van der Waals surface area contributed by atoms with E-state index in [1.54, 1.807) is 52.0 Å². The van der Waals surface area contributed by atoms with Crippen LogP contribution in [0.25, 0.3) is 0 Å². The van der Waals surface area contributed by atoms with Gasteiger partial charge in [-0.3, -0.25) is 4.79 Å². The van der Waals surface area contributed by atoms with Crippen molar-refractivity contribution in [3.8, 4) is 6.07 Å². The third-order valence-corrected chi connectivity index (χ3v) is 2.43. The van der Waals surface area contributed by atoms with Crippen molar-refractivity contribution in [3.05, 3.63) is 35.4 Å². The van der Waals surface area contributed by atoms with Gasteiger partial charge in [-0.05, 0) is 39.8 Å². The van der Waals surface area contributed by atoms with Crippen LogP contribution >= 0.6 is 0 Å². The Balaban J connectivity index is 2.67. The number of nitrogens with zero attached hydrogens (tertiary/aromatic N) is 1. The first-order valence-electron chi connectivity index (χ1n) is 6.27. The summed E-state index contributed by atoms with van der Waals surface area (Å²) in [6.45, 7) is 6.84. The molecule has 0 aliphatic rings. The number of hydrogen-bond donors (Lipinski definition) is 1. The fourth-order valence-corrected chi connectivity index (χ4v) is 1.51. The van der Waals surface area contributed by atoms with Crippen molar-refractivity contribution in [1.29, 1.82) is 5.26 Å². The minimum atomic E-state index is -0.696. The predicted molar refractivity (Wildman–Crippen MR) is 74.3 cm³/mol. The van der Waals surface area contributed by atoms with Crippen LogP contribution in [0.3, 0.4) is 0 Å². The van der Waals surface area contributed by atoms with Gasteiger partial charge in [-0.15, -0.1) is 0 Å². The second-order valence-corrected chi connectivity index (χ2v) is 5.42. The van der Waals surface area contributed by atoms with Crippen LogP contribution in [0.1, 0.15) is 43.6 Å². The molecule has 1 rings (SSSR count). The highest BCUT2D eigenvalue weighted by atomic mass is 16.6. The summed E-state index contributed by atoms with van der Waals surface area (Å²) < 4.78 is 5.09. The lowest BCUT2D eigenvalue weighted by Gasteiger charge is -2.21. The van der Waals surface area contributed by atoms with Crippen LogP contribution in [0.4, 0.5) is 4.79 Å². The summed E-state index contributed by atoms with van der Waals surface area (Å²) in [5, 5.41) is 11.2. The SMILES string of the molecule is CC(NC(=O)OC(C)(C)C)C(=O)c1ccc(C#N)cc1. The van der Waals surface area contributed by atoms with Crippen LogP contribution in [-0.4, -0.2) is 23.5 Å². The Morgan fingerprint density at radius 2 is 1.80 bits per heavy atom. The number of alkyl carbamates (subject to hydrolysis) is 1. The van der Waals surface area contributed by atoms with E-state index >= 15 is 0 Å². The Labute approximate surface area is 118 Å². The number of benzene rings is 1. The number of ether oxygens (including phenoxy) is 1. The molecule has 0 aliphatic heterocycles. The summed E-state index contributed by atoms with van der Waals surface area (Å²) in [4.78, 5) is 23.7. The lowest BCUT2D eigenvalue weighted by molar-refractivity contribution is 0.0497. The topological polar surface area (TPSA) is 79.2 Å². The molecule has 1 aromatic rings. The second-order valence-electron chi connectivity index (χ2n) is 5.42. The molecule has 106 valence electrons. The molecule has 1 amide bonds. The normalized spacial score (nSPS) is 12.2. The molecular formula is C15H18N2O3. The van der Waals surface area contributed by atoms with Gasteiger partial charge in [0, 0.05) is 5.56 Å². The number of rotatable bonds is 3. The van der Waals surface area contributed by atoms with E-state index in [1.165, 1.54) is 0 Å². The van der Waals surface area contributed by atoms with Crippen molar-refractivity contribution < 1.29 is 14.3 Å². The highest BCUT2D eigenvalue weighted by Crippen LogP contribution is 2.09. The third kappa shape index (κ3) is 4.73. The highest BCUT2D eigenvalue weighted by Gasteiger charge is 2.21. The maximum atomic E-state index is 12.1. The molecule has 1 N–H and O–H groups in total. The smallest absolute Gasteiger partial charge is 0.408 e. The van der Waals surface area contributed by atoms with E-state index in [1.807, 2.05) is 6.07 Å². The lowest BCUT2D eigenvalue weighted by atomic mass is 10.0. The molecule has 0 saturated carbocycles. The number of amides is 1. The van der Waals surface area contributed by atoms with Gasteiger partial charge < -0.3 is 10.1 Å². The van der Waals surface area contributed by atoms with Gasteiger partial charge in [0.2, 0.25) is 0 Å². The van der Waals surface area contributed by atoms with Crippen LogP contribution < -0.4 is 5.32 Å². The number of carbonyl (C=O) groups excluding carboxylic acids is 2. The summed E-state index contributed by atoms with van der Waals surface area (Å²) in [5.41, 5.74) is 0.309. The zero-order valence-corrected chi connectivity index (χ0v) is 12.1. The summed E-state index contributed by atoms with van der Waals surface area (Å²) >= 11 is 0. The van der Waals surface area contributed by atoms with Gasteiger partial charge in [0.15, 0.2) is 5.78 Å². The fraction of sp³-hybridized carbons (Fsp3) is 0.400. The van der Waals surface area contributed by atoms with E-state index in [-0.39, 0.29) is 5.78 Å². The predicted octanol–water partition coefficient (Wildman–Crippen LogP) is 2.65. The molecule has 0 aliphatic carbocycles. The van der Waals surface area contributed by atoms with Crippen molar-refractivity contribution in [1.82, 2.24) is 5.32 Å². The van der Waals surface area contributed by atoms with Crippen LogP contribution in [0.2, 0.25) is 0 Å².